The highest BCUT2D eigenvalue weighted by atomic mass is 16.5. The number of hydrogen-bond donors (Lipinski definition) is 3. The number of nitrogens with zero attached hydrogens (tertiary/aromatic N) is 2. The molecule has 10 heteroatoms. The number of carbonyl (C=O) groups excluding carboxylic acids is 2. The van der Waals surface area contributed by atoms with Crippen LogP contribution in [-0.4, -0.2) is 65.5 Å². The number of urea groups is 1. The Morgan fingerprint density at radius 1 is 0.750 bits per heavy atom. The normalized spacial score (nSPS) is 14.8. The molecule has 0 atom stereocenters. The molecule has 3 aromatic rings. The van der Waals surface area contributed by atoms with Crippen molar-refractivity contribution in [1.29, 1.82) is 0 Å². The lowest BCUT2D eigenvalue weighted by Crippen LogP contribution is -2.47. The zero-order chi connectivity index (χ0) is 28.1. The van der Waals surface area contributed by atoms with Gasteiger partial charge >= 0.3 is 6.03 Å². The van der Waals surface area contributed by atoms with E-state index in [-0.39, 0.29) is 11.9 Å². The second-order valence-corrected chi connectivity index (χ2v) is 9.77. The van der Waals surface area contributed by atoms with Gasteiger partial charge in [0, 0.05) is 49.7 Å². The first-order valence-corrected chi connectivity index (χ1v) is 13.4. The molecule has 0 unspecified atom stereocenters. The van der Waals surface area contributed by atoms with Crippen molar-refractivity contribution in [2.45, 2.75) is 18.9 Å². The van der Waals surface area contributed by atoms with E-state index in [4.69, 9.17) is 14.2 Å². The summed E-state index contributed by atoms with van der Waals surface area (Å²) in [6, 6.07) is 18.4. The van der Waals surface area contributed by atoms with Gasteiger partial charge < -0.3 is 40.0 Å². The molecule has 3 amide bonds. The second kappa shape index (κ2) is 12.1. The highest BCUT2D eigenvalue weighted by Gasteiger charge is 2.28. The molecule has 0 radical (unpaired) electrons. The Bertz CT molecular complexity index is 1370. The summed E-state index contributed by atoms with van der Waals surface area (Å²) in [5.74, 6) is 1.81. The van der Waals surface area contributed by atoms with E-state index in [0.29, 0.717) is 28.4 Å². The van der Waals surface area contributed by atoms with Crippen LogP contribution in [0, 0.1) is 0 Å². The molecule has 1 aliphatic carbocycles. The zero-order valence-corrected chi connectivity index (χ0v) is 23.0. The van der Waals surface area contributed by atoms with E-state index in [0.717, 1.165) is 56.1 Å². The van der Waals surface area contributed by atoms with E-state index in [9.17, 15) is 9.59 Å². The van der Waals surface area contributed by atoms with Crippen molar-refractivity contribution in [2.24, 2.45) is 0 Å². The van der Waals surface area contributed by atoms with Gasteiger partial charge in [-0.15, -0.1) is 0 Å². The Balaban J connectivity index is 1.31. The highest BCUT2D eigenvalue weighted by molar-refractivity contribution is 6.04. The van der Waals surface area contributed by atoms with Crippen LogP contribution in [0.2, 0.25) is 0 Å². The second-order valence-electron chi connectivity index (χ2n) is 9.77. The van der Waals surface area contributed by atoms with E-state index in [1.165, 1.54) is 7.11 Å². The summed E-state index contributed by atoms with van der Waals surface area (Å²) < 4.78 is 16.1. The van der Waals surface area contributed by atoms with Gasteiger partial charge in [-0.2, -0.15) is 0 Å². The van der Waals surface area contributed by atoms with Crippen LogP contribution in [0.1, 0.15) is 23.2 Å². The van der Waals surface area contributed by atoms with E-state index >= 15 is 0 Å². The molecule has 40 heavy (non-hydrogen) atoms. The average Bonchev–Trinajstić information content (AvgIpc) is 3.81. The predicted molar refractivity (Wildman–Crippen MR) is 157 cm³/mol. The maximum atomic E-state index is 13.3. The Kier molecular flexibility index (Phi) is 8.14. The van der Waals surface area contributed by atoms with Crippen molar-refractivity contribution < 1.29 is 23.8 Å². The van der Waals surface area contributed by atoms with Gasteiger partial charge in [-0.1, -0.05) is 12.1 Å². The van der Waals surface area contributed by atoms with E-state index in [1.807, 2.05) is 30.3 Å². The zero-order valence-electron chi connectivity index (χ0n) is 23.0. The topological polar surface area (TPSA) is 104 Å². The summed E-state index contributed by atoms with van der Waals surface area (Å²) in [6.45, 7) is 3.06. The quantitative estimate of drug-likeness (QED) is 0.362. The third kappa shape index (κ3) is 6.17. The molecule has 0 bridgehead atoms. The molecule has 1 heterocycles. The lowest BCUT2D eigenvalue weighted by atomic mass is 10.1. The van der Waals surface area contributed by atoms with Gasteiger partial charge in [0.25, 0.3) is 5.91 Å². The SMILES string of the molecule is COc1ccc(NC(=O)Nc2ccc(N3CCN(c4ccccc4OC)CC3)c(C(=O)NC3CC3)c2)c(OC)c1. The van der Waals surface area contributed by atoms with Crippen molar-refractivity contribution in [3.05, 3.63) is 66.2 Å². The van der Waals surface area contributed by atoms with Crippen molar-refractivity contribution >= 4 is 34.7 Å². The van der Waals surface area contributed by atoms with Gasteiger partial charge in [0.05, 0.1) is 38.3 Å². The fourth-order valence-electron chi connectivity index (χ4n) is 4.83. The van der Waals surface area contributed by atoms with Crippen LogP contribution in [0.25, 0.3) is 0 Å². The number of benzene rings is 3. The average molecular weight is 546 g/mol. The molecule has 0 spiro atoms. The maximum absolute atomic E-state index is 13.3. The van der Waals surface area contributed by atoms with Crippen LogP contribution in [0.3, 0.4) is 0 Å². The van der Waals surface area contributed by atoms with Crippen molar-refractivity contribution in [3.63, 3.8) is 0 Å². The number of ether oxygens (including phenoxy) is 3. The maximum Gasteiger partial charge on any atom is 0.323 e. The summed E-state index contributed by atoms with van der Waals surface area (Å²) >= 11 is 0. The summed E-state index contributed by atoms with van der Waals surface area (Å²) in [5.41, 5.74) is 3.47. The van der Waals surface area contributed by atoms with Crippen LogP contribution in [-0.2, 0) is 0 Å². The number of anilines is 4. The number of methoxy groups -OCH3 is 3. The number of carbonyl (C=O) groups is 2. The molecular formula is C30H35N5O5. The highest BCUT2D eigenvalue weighted by Crippen LogP contribution is 2.32. The Labute approximate surface area is 234 Å². The van der Waals surface area contributed by atoms with E-state index in [1.54, 1.807) is 38.5 Å². The first-order valence-electron chi connectivity index (χ1n) is 13.4. The number of amides is 3. The number of nitrogens with one attached hydrogen (secondary N) is 3. The van der Waals surface area contributed by atoms with Gasteiger partial charge in [-0.3, -0.25) is 4.79 Å². The number of hydrogen-bond acceptors (Lipinski definition) is 7. The molecule has 3 N–H and O–H groups in total. The minimum absolute atomic E-state index is 0.134. The van der Waals surface area contributed by atoms with Crippen molar-refractivity contribution in [2.75, 3.05) is 67.9 Å². The van der Waals surface area contributed by atoms with Crippen LogP contribution in [0.4, 0.5) is 27.5 Å². The molecule has 3 aromatic carbocycles. The first-order chi connectivity index (χ1) is 19.5. The predicted octanol–water partition coefficient (Wildman–Crippen LogP) is 4.58. The fraction of sp³-hybridized carbons (Fsp3) is 0.333. The standard InChI is InChI=1S/C30H35N5O5/c1-38-22-11-12-24(28(19-22)40-3)33-30(37)32-21-10-13-25(23(18-21)29(36)31-20-8-9-20)34-14-16-35(17-15-34)26-6-4-5-7-27(26)39-2/h4-7,10-13,18-20H,8-9,14-17H2,1-3H3,(H,31,36)(H2,32,33,37). The van der Waals surface area contributed by atoms with Gasteiger partial charge in [-0.25, -0.2) is 4.79 Å². The minimum Gasteiger partial charge on any atom is -0.497 e. The fourth-order valence-corrected chi connectivity index (χ4v) is 4.83. The van der Waals surface area contributed by atoms with Gasteiger partial charge in [-0.05, 0) is 55.3 Å². The molecule has 2 fully saturated rings. The molecule has 1 saturated carbocycles. The molecule has 1 aliphatic heterocycles. The summed E-state index contributed by atoms with van der Waals surface area (Å²) in [4.78, 5) is 30.6. The Hall–Kier alpha value is -4.60. The molecule has 2 aliphatic rings. The molecule has 1 saturated heterocycles. The summed E-state index contributed by atoms with van der Waals surface area (Å²) in [7, 11) is 4.77. The lowest BCUT2D eigenvalue weighted by molar-refractivity contribution is 0.0951. The summed E-state index contributed by atoms with van der Waals surface area (Å²) in [6.07, 6.45) is 1.98. The Morgan fingerprint density at radius 2 is 1.45 bits per heavy atom. The molecule has 0 aromatic heterocycles. The van der Waals surface area contributed by atoms with Crippen LogP contribution in [0.15, 0.2) is 60.7 Å². The van der Waals surface area contributed by atoms with Crippen LogP contribution >= 0.6 is 0 Å². The van der Waals surface area contributed by atoms with E-state index < -0.39 is 6.03 Å². The van der Waals surface area contributed by atoms with E-state index in [2.05, 4.69) is 31.8 Å². The number of rotatable bonds is 9. The monoisotopic (exact) mass is 545 g/mol. The Morgan fingerprint density at radius 3 is 2.12 bits per heavy atom. The van der Waals surface area contributed by atoms with Crippen molar-refractivity contribution in [1.82, 2.24) is 5.32 Å². The minimum atomic E-state index is -0.449. The van der Waals surface area contributed by atoms with Gasteiger partial charge in [0.2, 0.25) is 0 Å². The number of piperazine rings is 1. The van der Waals surface area contributed by atoms with Gasteiger partial charge in [0.1, 0.15) is 17.2 Å². The first kappa shape index (κ1) is 27.0. The van der Waals surface area contributed by atoms with Crippen molar-refractivity contribution in [3.8, 4) is 17.2 Å². The molecule has 210 valence electrons. The van der Waals surface area contributed by atoms with Crippen LogP contribution < -0.4 is 40.0 Å². The summed E-state index contributed by atoms with van der Waals surface area (Å²) in [5, 5.41) is 8.75. The number of para-hydroxylation sites is 2. The molecule has 10 nitrogen and oxygen atoms in total. The largest absolute Gasteiger partial charge is 0.497 e. The van der Waals surface area contributed by atoms with Gasteiger partial charge in [0.15, 0.2) is 0 Å². The molecular weight excluding hydrogens is 510 g/mol. The van der Waals surface area contributed by atoms with Crippen LogP contribution in [0.5, 0.6) is 17.2 Å². The smallest absolute Gasteiger partial charge is 0.323 e. The lowest BCUT2D eigenvalue weighted by Gasteiger charge is -2.38. The molecule has 5 rings (SSSR count). The third-order valence-corrected chi connectivity index (χ3v) is 7.11. The third-order valence-electron chi connectivity index (χ3n) is 7.11.